The molecule has 1 aliphatic rings. The summed E-state index contributed by atoms with van der Waals surface area (Å²) in [6, 6.07) is 20.6. The van der Waals surface area contributed by atoms with E-state index in [0.29, 0.717) is 25.5 Å². The Balaban J connectivity index is 1.42. The van der Waals surface area contributed by atoms with Crippen LogP contribution in [0.15, 0.2) is 60.7 Å². The summed E-state index contributed by atoms with van der Waals surface area (Å²) in [7, 11) is 0. The van der Waals surface area contributed by atoms with Crippen molar-refractivity contribution in [1.82, 2.24) is 15.2 Å². The highest BCUT2D eigenvalue weighted by molar-refractivity contribution is 5.98. The van der Waals surface area contributed by atoms with E-state index in [0.717, 1.165) is 23.9 Å². The molecule has 1 amide bonds. The van der Waals surface area contributed by atoms with Gasteiger partial charge in [0.15, 0.2) is 0 Å². The summed E-state index contributed by atoms with van der Waals surface area (Å²) in [6.45, 7) is 4.77. The number of amides is 1. The summed E-state index contributed by atoms with van der Waals surface area (Å²) >= 11 is 0. The van der Waals surface area contributed by atoms with Crippen molar-refractivity contribution in [3.8, 4) is 0 Å². The third-order valence-corrected chi connectivity index (χ3v) is 5.43. The zero-order valence-electron chi connectivity index (χ0n) is 16.2. The van der Waals surface area contributed by atoms with Crippen LogP contribution in [0.25, 0.3) is 10.9 Å². The van der Waals surface area contributed by atoms with E-state index >= 15 is 0 Å². The van der Waals surface area contributed by atoms with Crippen LogP contribution in [0, 0.1) is 0 Å². The zero-order chi connectivity index (χ0) is 19.3. The van der Waals surface area contributed by atoms with E-state index in [1.54, 1.807) is 0 Å². The number of nitrogens with zero attached hydrogens (tertiary/aromatic N) is 1. The van der Waals surface area contributed by atoms with Gasteiger partial charge in [-0.3, -0.25) is 4.79 Å². The highest BCUT2D eigenvalue weighted by Crippen LogP contribution is 2.20. The number of ether oxygens (including phenoxy) is 1. The van der Waals surface area contributed by atoms with Gasteiger partial charge in [-0.1, -0.05) is 48.5 Å². The predicted octanol–water partition coefficient (Wildman–Crippen LogP) is 3.58. The van der Waals surface area contributed by atoms with Gasteiger partial charge in [-0.25, -0.2) is 0 Å². The van der Waals surface area contributed by atoms with E-state index in [9.17, 15) is 4.79 Å². The fourth-order valence-electron chi connectivity index (χ4n) is 3.94. The first kappa shape index (κ1) is 18.7. The number of hydrogen-bond donors (Lipinski definition) is 2. The highest BCUT2D eigenvalue weighted by atomic mass is 16.5. The molecule has 2 aromatic carbocycles. The fourth-order valence-corrected chi connectivity index (χ4v) is 3.94. The lowest BCUT2D eigenvalue weighted by atomic mass is 10.0. The van der Waals surface area contributed by atoms with Crippen LogP contribution in [-0.2, 0) is 11.3 Å². The first-order valence-corrected chi connectivity index (χ1v) is 9.98. The van der Waals surface area contributed by atoms with E-state index in [-0.39, 0.29) is 18.0 Å². The molecule has 0 radical (unpaired) electrons. The van der Waals surface area contributed by atoms with Crippen LogP contribution in [-0.4, -0.2) is 47.6 Å². The molecule has 2 atom stereocenters. The number of para-hydroxylation sites is 1. The highest BCUT2D eigenvalue weighted by Gasteiger charge is 2.30. The van der Waals surface area contributed by atoms with Crippen LogP contribution in [0.1, 0.15) is 29.4 Å². The van der Waals surface area contributed by atoms with Gasteiger partial charge in [0.1, 0.15) is 5.69 Å². The minimum atomic E-state index is 0.0380. The smallest absolute Gasteiger partial charge is 0.270 e. The molecule has 0 aliphatic carbocycles. The molecular weight excluding hydrogens is 350 g/mol. The molecule has 1 aliphatic heterocycles. The average Bonchev–Trinajstić information content (AvgIpc) is 3.18. The SMILES string of the molecule is CCN(C(=O)c1cc2ccccc2[nH]1)C1COC[C@H](NCc2ccccc2)C1. The lowest BCUT2D eigenvalue weighted by molar-refractivity contribution is 0.00277. The minimum Gasteiger partial charge on any atom is -0.378 e. The average molecular weight is 377 g/mol. The van der Waals surface area contributed by atoms with Crippen molar-refractivity contribution in [2.75, 3.05) is 19.8 Å². The maximum absolute atomic E-state index is 13.1. The van der Waals surface area contributed by atoms with Gasteiger partial charge in [0.25, 0.3) is 5.91 Å². The minimum absolute atomic E-state index is 0.0380. The number of nitrogens with one attached hydrogen (secondary N) is 2. The summed E-state index contributed by atoms with van der Waals surface area (Å²) < 4.78 is 5.84. The van der Waals surface area contributed by atoms with E-state index in [2.05, 4.69) is 34.6 Å². The number of carbonyl (C=O) groups excluding carboxylic acids is 1. The molecule has 146 valence electrons. The van der Waals surface area contributed by atoms with Gasteiger partial charge in [0.2, 0.25) is 0 Å². The number of fused-ring (bicyclic) bond motifs is 1. The molecule has 1 aromatic heterocycles. The van der Waals surface area contributed by atoms with Gasteiger partial charge in [0, 0.05) is 30.0 Å². The van der Waals surface area contributed by atoms with Crippen molar-refractivity contribution in [3.05, 3.63) is 71.9 Å². The molecule has 3 aromatic rings. The Bertz CT molecular complexity index is 889. The Morgan fingerprint density at radius 2 is 1.93 bits per heavy atom. The van der Waals surface area contributed by atoms with E-state index < -0.39 is 0 Å². The molecule has 1 unspecified atom stereocenters. The van der Waals surface area contributed by atoms with Crippen molar-refractivity contribution < 1.29 is 9.53 Å². The maximum Gasteiger partial charge on any atom is 0.270 e. The molecular formula is C23H27N3O2. The van der Waals surface area contributed by atoms with Gasteiger partial charge >= 0.3 is 0 Å². The van der Waals surface area contributed by atoms with Crippen molar-refractivity contribution in [3.63, 3.8) is 0 Å². The molecule has 1 fully saturated rings. The normalized spacial score (nSPS) is 19.6. The number of aromatic amines is 1. The number of rotatable bonds is 6. The quantitative estimate of drug-likeness (QED) is 0.690. The summed E-state index contributed by atoms with van der Waals surface area (Å²) in [5.74, 6) is 0.0380. The van der Waals surface area contributed by atoms with Crippen LogP contribution in [0.5, 0.6) is 0 Å². The van der Waals surface area contributed by atoms with E-state index in [4.69, 9.17) is 4.74 Å². The number of benzene rings is 2. The van der Waals surface area contributed by atoms with Crippen LogP contribution < -0.4 is 5.32 Å². The van der Waals surface area contributed by atoms with E-state index in [1.807, 2.05) is 48.2 Å². The van der Waals surface area contributed by atoms with Crippen molar-refractivity contribution in [2.45, 2.75) is 32.0 Å². The molecule has 1 saturated heterocycles. The Labute approximate surface area is 165 Å². The summed E-state index contributed by atoms with van der Waals surface area (Å²) in [5.41, 5.74) is 2.89. The second-order valence-corrected chi connectivity index (χ2v) is 7.35. The Morgan fingerprint density at radius 1 is 1.14 bits per heavy atom. The van der Waals surface area contributed by atoms with Gasteiger partial charge in [-0.15, -0.1) is 0 Å². The molecule has 0 saturated carbocycles. The number of H-pyrrole nitrogens is 1. The zero-order valence-corrected chi connectivity index (χ0v) is 16.2. The number of likely N-dealkylation sites (N-methyl/N-ethyl adjacent to an activating group) is 1. The van der Waals surface area contributed by atoms with Crippen molar-refractivity contribution >= 4 is 16.8 Å². The maximum atomic E-state index is 13.1. The molecule has 5 heteroatoms. The van der Waals surface area contributed by atoms with Crippen molar-refractivity contribution in [2.24, 2.45) is 0 Å². The summed E-state index contributed by atoms with van der Waals surface area (Å²) in [4.78, 5) is 18.3. The Kier molecular flexibility index (Phi) is 5.74. The number of hydrogen-bond acceptors (Lipinski definition) is 3. The lowest BCUT2D eigenvalue weighted by Crippen LogP contribution is -2.51. The number of carbonyl (C=O) groups is 1. The van der Waals surface area contributed by atoms with Gasteiger partial charge < -0.3 is 19.9 Å². The standard InChI is InChI=1S/C23H27N3O2/c1-2-26(23(27)22-12-18-10-6-7-11-21(18)25-22)20-13-19(15-28-16-20)24-14-17-8-4-3-5-9-17/h3-12,19-20,24-25H,2,13-16H2,1H3/t19-,20?/m1/s1. The molecule has 5 nitrogen and oxygen atoms in total. The van der Waals surface area contributed by atoms with E-state index in [1.165, 1.54) is 5.56 Å². The van der Waals surface area contributed by atoms with Gasteiger partial charge in [0.05, 0.1) is 19.3 Å². The molecule has 2 heterocycles. The molecule has 4 rings (SSSR count). The Morgan fingerprint density at radius 3 is 2.71 bits per heavy atom. The van der Waals surface area contributed by atoms with Gasteiger partial charge in [-0.2, -0.15) is 0 Å². The Hall–Kier alpha value is -2.63. The van der Waals surface area contributed by atoms with Crippen molar-refractivity contribution in [1.29, 1.82) is 0 Å². The largest absolute Gasteiger partial charge is 0.378 e. The molecule has 28 heavy (non-hydrogen) atoms. The first-order valence-electron chi connectivity index (χ1n) is 9.98. The molecule has 0 bridgehead atoms. The third-order valence-electron chi connectivity index (χ3n) is 5.43. The van der Waals surface area contributed by atoms with Crippen LogP contribution in [0.4, 0.5) is 0 Å². The second kappa shape index (κ2) is 8.59. The lowest BCUT2D eigenvalue weighted by Gasteiger charge is -2.37. The topological polar surface area (TPSA) is 57.4 Å². The second-order valence-electron chi connectivity index (χ2n) is 7.35. The van der Waals surface area contributed by atoms with Crippen LogP contribution >= 0.6 is 0 Å². The third kappa shape index (κ3) is 4.11. The van der Waals surface area contributed by atoms with Crippen LogP contribution in [0.2, 0.25) is 0 Å². The molecule has 0 spiro atoms. The monoisotopic (exact) mass is 377 g/mol. The fraction of sp³-hybridized carbons (Fsp3) is 0.348. The predicted molar refractivity (Wildman–Crippen MR) is 111 cm³/mol. The molecule has 2 N–H and O–H groups in total. The first-order chi connectivity index (χ1) is 13.7. The summed E-state index contributed by atoms with van der Waals surface area (Å²) in [5, 5.41) is 4.64. The van der Waals surface area contributed by atoms with Gasteiger partial charge in [-0.05, 0) is 31.0 Å². The number of aromatic nitrogens is 1. The summed E-state index contributed by atoms with van der Waals surface area (Å²) in [6.07, 6.45) is 0.895. The van der Waals surface area contributed by atoms with Crippen LogP contribution in [0.3, 0.4) is 0 Å².